The van der Waals surface area contributed by atoms with Crippen LogP contribution in [0.1, 0.15) is 37.8 Å². The van der Waals surface area contributed by atoms with Gasteiger partial charge in [0, 0.05) is 5.92 Å². The third-order valence-corrected chi connectivity index (χ3v) is 2.40. The van der Waals surface area contributed by atoms with E-state index in [1.54, 1.807) is 0 Å². The lowest BCUT2D eigenvalue weighted by molar-refractivity contribution is 0.641. The van der Waals surface area contributed by atoms with Crippen molar-refractivity contribution in [3.05, 3.63) is 35.4 Å². The van der Waals surface area contributed by atoms with E-state index < -0.39 is 0 Å². The molecule has 0 nitrogen and oxygen atoms in total. The maximum Gasteiger partial charge on any atom is 0.0424 e. The van der Waals surface area contributed by atoms with E-state index in [0.29, 0.717) is 5.92 Å². The molecule has 0 spiro atoms. The molecule has 14 heavy (non-hydrogen) atoms. The molecule has 1 rings (SSSR count). The highest BCUT2D eigenvalue weighted by atomic mass is 14.1. The SMILES string of the molecule is C#CC(C)c1ccccc1CC(C)C. The maximum atomic E-state index is 5.45. The highest BCUT2D eigenvalue weighted by Crippen LogP contribution is 2.21. The minimum Gasteiger partial charge on any atom is -0.119 e. The zero-order valence-electron chi connectivity index (χ0n) is 9.25. The van der Waals surface area contributed by atoms with Gasteiger partial charge >= 0.3 is 0 Å². The van der Waals surface area contributed by atoms with Crippen LogP contribution in [-0.4, -0.2) is 0 Å². The predicted molar refractivity (Wildman–Crippen MR) is 62.2 cm³/mol. The summed E-state index contributed by atoms with van der Waals surface area (Å²) in [5.74, 6) is 3.70. The summed E-state index contributed by atoms with van der Waals surface area (Å²) in [7, 11) is 0. The van der Waals surface area contributed by atoms with Crippen LogP contribution < -0.4 is 0 Å². The monoisotopic (exact) mass is 186 g/mol. The molecule has 0 N–H and O–H groups in total. The number of hydrogen-bond acceptors (Lipinski definition) is 0. The molecule has 0 saturated carbocycles. The topological polar surface area (TPSA) is 0 Å². The van der Waals surface area contributed by atoms with Crippen molar-refractivity contribution in [2.45, 2.75) is 33.1 Å². The molecule has 0 radical (unpaired) electrons. The summed E-state index contributed by atoms with van der Waals surface area (Å²) in [6.45, 7) is 6.55. The number of rotatable bonds is 3. The zero-order chi connectivity index (χ0) is 10.6. The van der Waals surface area contributed by atoms with E-state index in [-0.39, 0.29) is 5.92 Å². The molecule has 0 bridgehead atoms. The van der Waals surface area contributed by atoms with Gasteiger partial charge in [0.15, 0.2) is 0 Å². The summed E-state index contributed by atoms with van der Waals surface area (Å²) in [5, 5.41) is 0. The largest absolute Gasteiger partial charge is 0.119 e. The van der Waals surface area contributed by atoms with Gasteiger partial charge in [0.05, 0.1) is 0 Å². The second-order valence-corrected chi connectivity index (χ2v) is 4.19. The fourth-order valence-corrected chi connectivity index (χ4v) is 1.67. The van der Waals surface area contributed by atoms with Crippen molar-refractivity contribution >= 4 is 0 Å². The Bertz CT molecular complexity index is 328. The quantitative estimate of drug-likeness (QED) is 0.632. The van der Waals surface area contributed by atoms with Gasteiger partial charge < -0.3 is 0 Å². The summed E-state index contributed by atoms with van der Waals surface area (Å²) in [6.07, 6.45) is 6.57. The summed E-state index contributed by atoms with van der Waals surface area (Å²) < 4.78 is 0. The van der Waals surface area contributed by atoms with E-state index >= 15 is 0 Å². The number of terminal acetylenes is 1. The van der Waals surface area contributed by atoms with E-state index in [1.165, 1.54) is 11.1 Å². The van der Waals surface area contributed by atoms with Crippen LogP contribution >= 0.6 is 0 Å². The van der Waals surface area contributed by atoms with Crippen LogP contribution in [0.15, 0.2) is 24.3 Å². The first-order valence-corrected chi connectivity index (χ1v) is 5.19. The molecule has 0 aliphatic heterocycles. The molecular weight excluding hydrogens is 168 g/mol. The van der Waals surface area contributed by atoms with E-state index in [1.807, 2.05) is 0 Å². The van der Waals surface area contributed by atoms with Gasteiger partial charge in [0.25, 0.3) is 0 Å². The summed E-state index contributed by atoms with van der Waals surface area (Å²) in [6, 6.07) is 8.48. The van der Waals surface area contributed by atoms with Crippen LogP contribution in [0.4, 0.5) is 0 Å². The molecule has 0 aromatic heterocycles. The fraction of sp³-hybridized carbons (Fsp3) is 0.429. The van der Waals surface area contributed by atoms with Gasteiger partial charge in [-0.25, -0.2) is 0 Å². The summed E-state index contributed by atoms with van der Waals surface area (Å²) >= 11 is 0. The molecule has 1 aromatic rings. The number of benzene rings is 1. The minimum absolute atomic E-state index is 0.227. The van der Waals surface area contributed by atoms with Gasteiger partial charge in [-0.15, -0.1) is 6.42 Å². The molecule has 1 atom stereocenters. The van der Waals surface area contributed by atoms with Gasteiger partial charge in [-0.1, -0.05) is 44.0 Å². The molecule has 0 heterocycles. The van der Waals surface area contributed by atoms with E-state index in [4.69, 9.17) is 6.42 Å². The Hall–Kier alpha value is -1.22. The van der Waals surface area contributed by atoms with Gasteiger partial charge in [-0.3, -0.25) is 0 Å². The third kappa shape index (κ3) is 2.64. The average molecular weight is 186 g/mol. The lowest BCUT2D eigenvalue weighted by Gasteiger charge is -2.13. The van der Waals surface area contributed by atoms with Crippen molar-refractivity contribution in [2.75, 3.05) is 0 Å². The molecular formula is C14H18. The van der Waals surface area contributed by atoms with Crippen LogP contribution in [0.2, 0.25) is 0 Å². The minimum atomic E-state index is 0.227. The van der Waals surface area contributed by atoms with Gasteiger partial charge in [0.1, 0.15) is 0 Å². The molecule has 0 saturated heterocycles. The van der Waals surface area contributed by atoms with Crippen LogP contribution in [-0.2, 0) is 6.42 Å². The Labute approximate surface area is 87.4 Å². The molecule has 0 aliphatic rings. The van der Waals surface area contributed by atoms with Crippen molar-refractivity contribution in [3.8, 4) is 12.3 Å². The highest BCUT2D eigenvalue weighted by molar-refractivity contribution is 5.34. The molecule has 1 unspecified atom stereocenters. The molecule has 0 amide bonds. The Balaban J connectivity index is 2.98. The van der Waals surface area contributed by atoms with Crippen molar-refractivity contribution in [1.82, 2.24) is 0 Å². The highest BCUT2D eigenvalue weighted by Gasteiger charge is 2.08. The second kappa shape index (κ2) is 4.86. The molecule has 0 heteroatoms. The van der Waals surface area contributed by atoms with E-state index in [2.05, 4.69) is 51.0 Å². The zero-order valence-corrected chi connectivity index (χ0v) is 9.25. The summed E-state index contributed by atoms with van der Waals surface area (Å²) in [5.41, 5.74) is 2.71. The second-order valence-electron chi connectivity index (χ2n) is 4.19. The standard InChI is InChI=1S/C14H18/c1-5-12(4)14-9-7-6-8-13(14)10-11(2)3/h1,6-9,11-12H,10H2,2-4H3. The van der Waals surface area contributed by atoms with Crippen molar-refractivity contribution in [2.24, 2.45) is 5.92 Å². The Morgan fingerprint density at radius 3 is 2.43 bits per heavy atom. The molecule has 0 fully saturated rings. The first-order chi connectivity index (χ1) is 6.65. The van der Waals surface area contributed by atoms with Crippen LogP contribution in [0.25, 0.3) is 0 Å². The lowest BCUT2D eigenvalue weighted by atomic mass is 9.91. The van der Waals surface area contributed by atoms with Crippen molar-refractivity contribution < 1.29 is 0 Å². The first kappa shape index (κ1) is 10.9. The first-order valence-electron chi connectivity index (χ1n) is 5.19. The van der Waals surface area contributed by atoms with Gasteiger partial charge in [-0.2, -0.15) is 0 Å². The van der Waals surface area contributed by atoms with Crippen LogP contribution in [0, 0.1) is 18.3 Å². The van der Waals surface area contributed by atoms with Crippen molar-refractivity contribution in [1.29, 1.82) is 0 Å². The summed E-state index contributed by atoms with van der Waals surface area (Å²) in [4.78, 5) is 0. The van der Waals surface area contributed by atoms with Crippen LogP contribution in [0.5, 0.6) is 0 Å². The van der Waals surface area contributed by atoms with E-state index in [9.17, 15) is 0 Å². The van der Waals surface area contributed by atoms with Gasteiger partial charge in [0.2, 0.25) is 0 Å². The third-order valence-electron chi connectivity index (χ3n) is 2.40. The fourth-order valence-electron chi connectivity index (χ4n) is 1.67. The normalized spacial score (nSPS) is 12.5. The molecule has 1 aromatic carbocycles. The lowest BCUT2D eigenvalue weighted by Crippen LogP contribution is -2.01. The molecule has 0 aliphatic carbocycles. The Morgan fingerprint density at radius 2 is 1.86 bits per heavy atom. The maximum absolute atomic E-state index is 5.45. The average Bonchev–Trinajstić information content (AvgIpc) is 2.16. The Morgan fingerprint density at radius 1 is 1.21 bits per heavy atom. The number of hydrogen-bond donors (Lipinski definition) is 0. The predicted octanol–water partition coefficient (Wildman–Crippen LogP) is 3.62. The van der Waals surface area contributed by atoms with Crippen LogP contribution in [0.3, 0.4) is 0 Å². The Kier molecular flexibility index (Phi) is 3.77. The van der Waals surface area contributed by atoms with E-state index in [0.717, 1.165) is 6.42 Å². The van der Waals surface area contributed by atoms with Gasteiger partial charge in [-0.05, 0) is 30.4 Å². The smallest absolute Gasteiger partial charge is 0.0424 e. The molecule has 74 valence electrons. The van der Waals surface area contributed by atoms with Crippen molar-refractivity contribution in [3.63, 3.8) is 0 Å².